The van der Waals surface area contributed by atoms with E-state index in [0.29, 0.717) is 6.42 Å². The Kier molecular flexibility index (Phi) is 5.32. The van der Waals surface area contributed by atoms with Gasteiger partial charge in [-0.2, -0.15) is 5.26 Å². The van der Waals surface area contributed by atoms with Crippen LogP contribution >= 0.6 is 0 Å². The van der Waals surface area contributed by atoms with E-state index in [9.17, 15) is 0 Å². The normalized spacial score (nSPS) is 14.4. The van der Waals surface area contributed by atoms with Crippen molar-refractivity contribution < 1.29 is 0 Å². The van der Waals surface area contributed by atoms with Gasteiger partial charge in [0.15, 0.2) is 0 Å². The number of aryl methyl sites for hydroxylation is 1. The number of nitrogens with two attached hydrogens (primary N) is 1. The highest BCUT2D eigenvalue weighted by atomic mass is 15.1. The molecule has 2 N–H and O–H groups in total. The molecular formula is C13H23N5. The first-order chi connectivity index (χ1) is 8.50. The van der Waals surface area contributed by atoms with Crippen molar-refractivity contribution in [1.29, 1.82) is 5.26 Å². The van der Waals surface area contributed by atoms with Crippen molar-refractivity contribution in [3.05, 3.63) is 18.2 Å². The molecule has 100 valence electrons. The molecule has 0 bridgehead atoms. The number of rotatable bonds is 7. The van der Waals surface area contributed by atoms with E-state index < -0.39 is 5.54 Å². The second-order valence-electron chi connectivity index (χ2n) is 4.92. The SMILES string of the molecule is CCC(N)(C#N)CCCN(C)Cc1nccn1C. The minimum atomic E-state index is -0.663. The molecule has 0 amide bonds. The zero-order valence-electron chi connectivity index (χ0n) is 11.6. The van der Waals surface area contributed by atoms with Crippen LogP contribution in [-0.2, 0) is 13.6 Å². The zero-order valence-corrected chi connectivity index (χ0v) is 11.6. The Bertz CT molecular complexity index is 406. The second-order valence-corrected chi connectivity index (χ2v) is 4.92. The third-order valence-electron chi connectivity index (χ3n) is 3.35. The van der Waals surface area contributed by atoms with Crippen LogP contribution in [0.5, 0.6) is 0 Å². The van der Waals surface area contributed by atoms with E-state index in [1.807, 2.05) is 24.7 Å². The van der Waals surface area contributed by atoms with Gasteiger partial charge in [0, 0.05) is 19.4 Å². The average Bonchev–Trinajstić information content (AvgIpc) is 2.75. The molecule has 0 saturated carbocycles. The molecule has 0 aliphatic carbocycles. The summed E-state index contributed by atoms with van der Waals surface area (Å²) in [5.74, 6) is 1.05. The monoisotopic (exact) mass is 249 g/mol. The number of nitrogens with zero attached hydrogens (tertiary/aromatic N) is 4. The van der Waals surface area contributed by atoms with E-state index in [1.165, 1.54) is 0 Å². The van der Waals surface area contributed by atoms with E-state index in [2.05, 4.69) is 23.0 Å². The van der Waals surface area contributed by atoms with Gasteiger partial charge in [-0.15, -0.1) is 0 Å². The molecule has 1 aromatic rings. The maximum Gasteiger partial charge on any atom is 0.122 e. The van der Waals surface area contributed by atoms with E-state index >= 15 is 0 Å². The largest absolute Gasteiger partial charge is 0.337 e. The van der Waals surface area contributed by atoms with Gasteiger partial charge in [-0.3, -0.25) is 4.90 Å². The van der Waals surface area contributed by atoms with Gasteiger partial charge in [-0.05, 0) is 32.9 Å². The van der Waals surface area contributed by atoms with Gasteiger partial charge < -0.3 is 10.3 Å². The maximum absolute atomic E-state index is 8.99. The first-order valence-corrected chi connectivity index (χ1v) is 6.35. The van der Waals surface area contributed by atoms with Crippen LogP contribution in [0.1, 0.15) is 32.0 Å². The van der Waals surface area contributed by atoms with E-state index in [4.69, 9.17) is 11.0 Å². The van der Waals surface area contributed by atoms with Gasteiger partial charge >= 0.3 is 0 Å². The van der Waals surface area contributed by atoms with Crippen molar-refractivity contribution in [2.75, 3.05) is 13.6 Å². The van der Waals surface area contributed by atoms with Crippen molar-refractivity contribution in [3.8, 4) is 6.07 Å². The molecule has 0 aliphatic heterocycles. The zero-order chi connectivity index (χ0) is 13.6. The van der Waals surface area contributed by atoms with Gasteiger partial charge in [-0.25, -0.2) is 4.98 Å². The first-order valence-electron chi connectivity index (χ1n) is 6.35. The van der Waals surface area contributed by atoms with Crippen molar-refractivity contribution >= 4 is 0 Å². The summed E-state index contributed by atoms with van der Waals surface area (Å²) in [5.41, 5.74) is 5.28. The highest BCUT2D eigenvalue weighted by Gasteiger charge is 2.21. The Morgan fingerprint density at radius 3 is 2.83 bits per heavy atom. The van der Waals surface area contributed by atoms with Crippen LogP contribution in [0.4, 0.5) is 0 Å². The second kappa shape index (κ2) is 6.53. The van der Waals surface area contributed by atoms with Crippen molar-refractivity contribution in [2.45, 2.75) is 38.3 Å². The average molecular weight is 249 g/mol. The smallest absolute Gasteiger partial charge is 0.122 e. The van der Waals surface area contributed by atoms with Gasteiger partial charge in [0.05, 0.1) is 12.6 Å². The number of nitriles is 1. The molecule has 1 heterocycles. The van der Waals surface area contributed by atoms with Crippen molar-refractivity contribution in [3.63, 3.8) is 0 Å². The molecule has 5 nitrogen and oxygen atoms in total. The minimum Gasteiger partial charge on any atom is -0.337 e. The van der Waals surface area contributed by atoms with Gasteiger partial charge in [0.1, 0.15) is 11.4 Å². The summed E-state index contributed by atoms with van der Waals surface area (Å²) in [6, 6.07) is 2.20. The summed E-state index contributed by atoms with van der Waals surface area (Å²) in [5, 5.41) is 8.99. The van der Waals surface area contributed by atoms with Crippen LogP contribution in [0, 0.1) is 11.3 Å². The standard InChI is InChI=1S/C13H23N5/c1-4-13(15,11-14)6-5-8-17(2)10-12-16-7-9-18(12)3/h7,9H,4-6,8,10,15H2,1-3H3. The Hall–Kier alpha value is -1.38. The van der Waals surface area contributed by atoms with Crippen molar-refractivity contribution in [2.24, 2.45) is 12.8 Å². The number of aromatic nitrogens is 2. The van der Waals surface area contributed by atoms with Crippen LogP contribution < -0.4 is 5.73 Å². The molecule has 0 aliphatic rings. The molecule has 0 fully saturated rings. The summed E-state index contributed by atoms with van der Waals surface area (Å²) in [6.07, 6.45) is 6.12. The number of hydrogen-bond acceptors (Lipinski definition) is 4. The molecule has 1 aromatic heterocycles. The third kappa shape index (κ3) is 4.13. The van der Waals surface area contributed by atoms with Crippen LogP contribution in [0.3, 0.4) is 0 Å². The van der Waals surface area contributed by atoms with Crippen LogP contribution in [-0.4, -0.2) is 33.6 Å². The van der Waals surface area contributed by atoms with Crippen LogP contribution in [0.15, 0.2) is 12.4 Å². The Morgan fingerprint density at radius 1 is 1.61 bits per heavy atom. The molecule has 0 aromatic carbocycles. The number of imidazole rings is 1. The predicted molar refractivity (Wildman–Crippen MR) is 71.6 cm³/mol. The highest BCUT2D eigenvalue weighted by molar-refractivity contribution is 5.03. The fourth-order valence-corrected chi connectivity index (χ4v) is 1.85. The van der Waals surface area contributed by atoms with Crippen LogP contribution in [0.25, 0.3) is 0 Å². The maximum atomic E-state index is 8.99. The topological polar surface area (TPSA) is 70.9 Å². The molecule has 0 spiro atoms. The minimum absolute atomic E-state index is 0.663. The lowest BCUT2D eigenvalue weighted by Crippen LogP contribution is -2.38. The Labute approximate surface area is 109 Å². The molecule has 0 radical (unpaired) electrons. The first kappa shape index (κ1) is 14.7. The van der Waals surface area contributed by atoms with Gasteiger partial charge in [0.2, 0.25) is 0 Å². The lowest BCUT2D eigenvalue weighted by molar-refractivity contribution is 0.295. The quantitative estimate of drug-likeness (QED) is 0.790. The lowest BCUT2D eigenvalue weighted by atomic mass is 9.93. The molecule has 1 unspecified atom stereocenters. The molecule has 1 atom stereocenters. The third-order valence-corrected chi connectivity index (χ3v) is 3.35. The van der Waals surface area contributed by atoms with Crippen LogP contribution in [0.2, 0.25) is 0 Å². The summed E-state index contributed by atoms with van der Waals surface area (Å²) in [6.45, 7) is 3.70. The summed E-state index contributed by atoms with van der Waals surface area (Å²) in [4.78, 5) is 6.49. The van der Waals surface area contributed by atoms with Crippen molar-refractivity contribution in [1.82, 2.24) is 14.5 Å². The molecule has 0 saturated heterocycles. The van der Waals surface area contributed by atoms with E-state index in [0.717, 1.165) is 31.8 Å². The van der Waals surface area contributed by atoms with E-state index in [-0.39, 0.29) is 0 Å². The fraction of sp³-hybridized carbons (Fsp3) is 0.692. The molecule has 5 heteroatoms. The Balaban J connectivity index is 2.32. The molecular weight excluding hydrogens is 226 g/mol. The molecule has 18 heavy (non-hydrogen) atoms. The van der Waals surface area contributed by atoms with Gasteiger partial charge in [-0.1, -0.05) is 6.92 Å². The number of hydrogen-bond donors (Lipinski definition) is 1. The summed E-state index contributed by atoms with van der Waals surface area (Å²) >= 11 is 0. The molecule has 1 rings (SSSR count). The predicted octanol–water partition coefficient (Wildman–Crippen LogP) is 1.26. The highest BCUT2D eigenvalue weighted by Crippen LogP contribution is 2.13. The summed E-state index contributed by atoms with van der Waals surface area (Å²) < 4.78 is 2.02. The Morgan fingerprint density at radius 2 is 2.33 bits per heavy atom. The van der Waals surface area contributed by atoms with Gasteiger partial charge in [0.25, 0.3) is 0 Å². The fourth-order valence-electron chi connectivity index (χ4n) is 1.85. The van der Waals surface area contributed by atoms with E-state index in [1.54, 1.807) is 6.20 Å². The lowest BCUT2D eigenvalue weighted by Gasteiger charge is -2.21. The summed E-state index contributed by atoms with van der Waals surface area (Å²) in [7, 11) is 4.05.